The maximum Gasteiger partial charge on any atom is 0.383 e. The summed E-state index contributed by atoms with van der Waals surface area (Å²) < 4.78 is 54.9. The Balaban J connectivity index is 2.90. The van der Waals surface area contributed by atoms with Gasteiger partial charge in [-0.1, -0.05) is 0 Å². The van der Waals surface area contributed by atoms with Crippen LogP contribution in [0.5, 0.6) is 0 Å². The predicted molar refractivity (Wildman–Crippen MR) is 53.0 cm³/mol. The molecular weight excluding hydrogens is 282 g/mol. The summed E-state index contributed by atoms with van der Waals surface area (Å²) in [5.41, 5.74) is 0. The van der Waals surface area contributed by atoms with Crippen LogP contribution in [0.25, 0.3) is 0 Å². The molecule has 1 rings (SSSR count). The molecule has 0 spiro atoms. The fraction of sp³-hybridized carbons (Fsp3) is 0.778. The van der Waals surface area contributed by atoms with Gasteiger partial charge in [0.15, 0.2) is 5.78 Å². The zero-order valence-corrected chi connectivity index (χ0v) is 9.80. The highest BCUT2D eigenvalue weighted by atomic mass is 35.5. The monoisotopic (exact) mass is 291 g/mol. The maximum atomic E-state index is 12.9. The van der Waals surface area contributed by atoms with E-state index in [1.54, 1.807) is 0 Å². The summed E-state index contributed by atoms with van der Waals surface area (Å²) in [5.74, 6) is -8.14. The van der Waals surface area contributed by atoms with Crippen LogP contribution in [0.15, 0.2) is 0 Å². The molecule has 1 aliphatic heterocycles. The third-order valence-corrected chi connectivity index (χ3v) is 2.72. The number of halogens is 5. The lowest BCUT2D eigenvalue weighted by Crippen LogP contribution is -2.58. The molecule has 1 atom stereocenters. The first-order valence-electron chi connectivity index (χ1n) is 4.95. The number of nitrogens with zero attached hydrogens (tertiary/aromatic N) is 1. The molecule has 0 bridgehead atoms. The van der Waals surface area contributed by atoms with Gasteiger partial charge < -0.3 is 9.64 Å². The van der Waals surface area contributed by atoms with E-state index in [1.807, 2.05) is 0 Å². The van der Waals surface area contributed by atoms with Crippen LogP contribution in [-0.2, 0) is 14.3 Å². The van der Waals surface area contributed by atoms with E-state index in [9.17, 15) is 27.2 Å². The van der Waals surface area contributed by atoms with Crippen molar-refractivity contribution in [2.45, 2.75) is 18.4 Å². The Morgan fingerprint density at radius 1 is 1.44 bits per heavy atom. The third kappa shape index (κ3) is 2.92. The lowest BCUT2D eigenvalue weighted by molar-refractivity contribution is -0.188. The van der Waals surface area contributed by atoms with Gasteiger partial charge in [-0.3, -0.25) is 9.59 Å². The Morgan fingerprint density at radius 3 is 2.56 bits per heavy atom. The van der Waals surface area contributed by atoms with Gasteiger partial charge in [0.1, 0.15) is 6.04 Å². The number of carbonyl (C=O) groups is 2. The number of hydrogen-bond acceptors (Lipinski definition) is 3. The van der Waals surface area contributed by atoms with E-state index in [4.69, 9.17) is 16.3 Å². The molecule has 0 aromatic carbocycles. The highest BCUT2D eigenvalue weighted by Crippen LogP contribution is 2.27. The molecule has 18 heavy (non-hydrogen) atoms. The van der Waals surface area contributed by atoms with Crippen molar-refractivity contribution < 1.29 is 31.9 Å². The minimum Gasteiger partial charge on any atom is -0.377 e. The van der Waals surface area contributed by atoms with Crippen molar-refractivity contribution in [3.8, 4) is 0 Å². The molecule has 1 aliphatic rings. The summed E-state index contributed by atoms with van der Waals surface area (Å²) in [6.07, 6.45) is -4.13. The van der Waals surface area contributed by atoms with Gasteiger partial charge in [-0.15, -0.1) is 11.6 Å². The second-order valence-corrected chi connectivity index (χ2v) is 3.88. The van der Waals surface area contributed by atoms with Crippen molar-refractivity contribution >= 4 is 23.3 Å². The first kappa shape index (κ1) is 15.2. The van der Waals surface area contributed by atoms with E-state index >= 15 is 0 Å². The third-order valence-electron chi connectivity index (χ3n) is 2.45. The smallest absolute Gasteiger partial charge is 0.377 e. The molecular formula is C9H10ClF4NO3. The van der Waals surface area contributed by atoms with Crippen LogP contribution in [-0.4, -0.2) is 60.6 Å². The number of morpholine rings is 1. The Labute approximate surface area is 105 Å². The molecule has 104 valence electrons. The van der Waals surface area contributed by atoms with Crippen LogP contribution in [0.3, 0.4) is 0 Å². The largest absolute Gasteiger partial charge is 0.383 e. The Hall–Kier alpha value is -0.890. The van der Waals surface area contributed by atoms with Gasteiger partial charge in [-0.05, 0) is 0 Å². The Bertz CT molecular complexity index is 340. The van der Waals surface area contributed by atoms with E-state index in [-0.39, 0.29) is 19.8 Å². The molecule has 0 aromatic rings. The molecule has 1 saturated heterocycles. The van der Waals surface area contributed by atoms with E-state index in [0.29, 0.717) is 4.90 Å². The van der Waals surface area contributed by atoms with Crippen LogP contribution in [0.1, 0.15) is 0 Å². The average molecular weight is 292 g/mol. The van der Waals surface area contributed by atoms with Gasteiger partial charge in [0.05, 0.1) is 19.1 Å². The Kier molecular flexibility index (Phi) is 4.92. The van der Waals surface area contributed by atoms with Crippen LogP contribution >= 0.6 is 11.6 Å². The normalized spacial score (nSPS) is 21.2. The summed E-state index contributed by atoms with van der Waals surface area (Å²) in [6, 6.07) is -1.34. The fourth-order valence-electron chi connectivity index (χ4n) is 1.49. The SMILES string of the molecule is O=C(CCl)C1COCCN1C(=O)C(F)(F)C(F)F. The first-order valence-corrected chi connectivity index (χ1v) is 5.49. The quantitative estimate of drug-likeness (QED) is 0.572. The summed E-state index contributed by atoms with van der Waals surface area (Å²) in [7, 11) is 0. The molecule has 9 heteroatoms. The van der Waals surface area contributed by atoms with E-state index in [2.05, 4.69) is 0 Å². The zero-order chi connectivity index (χ0) is 13.9. The number of amides is 1. The standard InChI is InChI=1S/C9H10ClF4NO3/c10-3-6(16)5-4-18-2-1-15(5)8(17)9(13,14)7(11)12/h5,7H,1-4H2. The van der Waals surface area contributed by atoms with Gasteiger partial charge in [0.2, 0.25) is 0 Å². The molecule has 0 aromatic heterocycles. The molecule has 0 N–H and O–H groups in total. The van der Waals surface area contributed by atoms with Crippen molar-refractivity contribution in [2.75, 3.05) is 25.6 Å². The molecule has 1 amide bonds. The van der Waals surface area contributed by atoms with E-state index in [0.717, 1.165) is 0 Å². The molecule has 1 unspecified atom stereocenters. The summed E-state index contributed by atoms with van der Waals surface area (Å²) in [6.45, 7) is -0.776. The minimum absolute atomic E-state index is 0.100. The first-order chi connectivity index (χ1) is 8.32. The van der Waals surface area contributed by atoms with Gasteiger partial charge in [0, 0.05) is 6.54 Å². The van der Waals surface area contributed by atoms with Crippen molar-refractivity contribution in [3.05, 3.63) is 0 Å². The number of hydrogen-bond donors (Lipinski definition) is 0. The number of ether oxygens (including phenoxy) is 1. The van der Waals surface area contributed by atoms with E-state index in [1.165, 1.54) is 0 Å². The topological polar surface area (TPSA) is 46.6 Å². The van der Waals surface area contributed by atoms with Gasteiger partial charge in [-0.25, -0.2) is 8.78 Å². The van der Waals surface area contributed by atoms with Crippen molar-refractivity contribution in [1.29, 1.82) is 0 Å². The van der Waals surface area contributed by atoms with Gasteiger partial charge in [0.25, 0.3) is 5.91 Å². The average Bonchev–Trinajstić information content (AvgIpc) is 2.36. The minimum atomic E-state index is -4.82. The zero-order valence-electron chi connectivity index (χ0n) is 9.04. The lowest BCUT2D eigenvalue weighted by Gasteiger charge is -2.35. The van der Waals surface area contributed by atoms with Crippen LogP contribution in [0.2, 0.25) is 0 Å². The van der Waals surface area contributed by atoms with Gasteiger partial charge in [-0.2, -0.15) is 8.78 Å². The Morgan fingerprint density at radius 2 is 2.06 bits per heavy atom. The molecule has 0 aliphatic carbocycles. The van der Waals surface area contributed by atoms with Crippen molar-refractivity contribution in [1.82, 2.24) is 4.90 Å². The number of ketones is 1. The summed E-state index contributed by atoms with van der Waals surface area (Å²) in [5, 5.41) is 0. The van der Waals surface area contributed by atoms with Crippen LogP contribution < -0.4 is 0 Å². The lowest BCUT2D eigenvalue weighted by atomic mass is 10.1. The molecule has 4 nitrogen and oxygen atoms in total. The maximum absolute atomic E-state index is 12.9. The summed E-state index contributed by atoms with van der Waals surface area (Å²) >= 11 is 5.25. The molecule has 0 saturated carbocycles. The molecule has 0 radical (unpaired) electrons. The summed E-state index contributed by atoms with van der Waals surface area (Å²) in [4.78, 5) is 23.1. The van der Waals surface area contributed by atoms with Crippen molar-refractivity contribution in [3.63, 3.8) is 0 Å². The highest BCUT2D eigenvalue weighted by Gasteiger charge is 2.53. The molecule has 1 fully saturated rings. The van der Waals surface area contributed by atoms with Gasteiger partial charge >= 0.3 is 12.3 Å². The van der Waals surface area contributed by atoms with E-state index < -0.39 is 36.0 Å². The predicted octanol–water partition coefficient (Wildman–Crippen LogP) is 0.922. The second kappa shape index (κ2) is 5.83. The number of Topliss-reactive ketones (excluding diaryl/α,β-unsaturated/α-hetero) is 1. The molecule has 1 heterocycles. The fourth-order valence-corrected chi connectivity index (χ4v) is 1.67. The van der Waals surface area contributed by atoms with Crippen LogP contribution in [0, 0.1) is 0 Å². The second-order valence-electron chi connectivity index (χ2n) is 3.61. The highest BCUT2D eigenvalue weighted by molar-refractivity contribution is 6.28. The number of carbonyl (C=O) groups excluding carboxylic acids is 2. The number of alkyl halides is 5. The van der Waals surface area contributed by atoms with Crippen LogP contribution in [0.4, 0.5) is 17.6 Å². The number of rotatable bonds is 4. The van der Waals surface area contributed by atoms with Crippen molar-refractivity contribution in [2.24, 2.45) is 0 Å².